The van der Waals surface area contributed by atoms with Gasteiger partial charge in [0.15, 0.2) is 0 Å². The molecule has 1 amide bonds. The highest BCUT2D eigenvalue weighted by Gasteiger charge is 2.38. The molecule has 1 heterocycles. The Morgan fingerprint density at radius 1 is 1.61 bits per heavy atom. The summed E-state index contributed by atoms with van der Waals surface area (Å²) in [5.74, 6) is -0.163. The summed E-state index contributed by atoms with van der Waals surface area (Å²) in [7, 11) is 0. The molecular weight excluding hydrogens is 252 g/mol. The number of nitrogens with one attached hydrogen (secondary N) is 1. The van der Waals surface area contributed by atoms with Gasteiger partial charge in [0.1, 0.15) is 5.69 Å². The number of halogens is 1. The highest BCUT2D eigenvalue weighted by atomic mass is 35.5. The van der Waals surface area contributed by atoms with E-state index < -0.39 is 5.54 Å². The van der Waals surface area contributed by atoms with Crippen LogP contribution in [0.3, 0.4) is 0 Å². The Morgan fingerprint density at radius 3 is 2.72 bits per heavy atom. The Labute approximate surface area is 112 Å². The van der Waals surface area contributed by atoms with Crippen LogP contribution in [0.2, 0.25) is 5.02 Å². The largest absolute Gasteiger partial charge is 0.394 e. The van der Waals surface area contributed by atoms with E-state index in [1.54, 1.807) is 12.3 Å². The van der Waals surface area contributed by atoms with Gasteiger partial charge in [-0.1, -0.05) is 11.6 Å². The van der Waals surface area contributed by atoms with E-state index in [0.717, 1.165) is 19.3 Å². The number of aliphatic hydroxyl groups excluding tert-OH is 1. The molecule has 0 bridgehead atoms. The number of carbonyl (C=O) groups excluding carboxylic acids is 1. The zero-order valence-corrected chi connectivity index (χ0v) is 11.5. The number of hydrogen-bond acceptors (Lipinski definition) is 2. The first kappa shape index (κ1) is 13.4. The van der Waals surface area contributed by atoms with E-state index in [2.05, 4.69) is 5.32 Å². The Kier molecular flexibility index (Phi) is 3.69. The van der Waals surface area contributed by atoms with E-state index in [9.17, 15) is 9.90 Å². The standard InChI is InChI=1S/C13H19ClN2O2/c1-9(2)16-7-10(14)6-11(16)12(18)15-13(8-17)4-3-5-13/h6-7,9,17H,3-5,8H2,1-2H3,(H,15,18). The fraction of sp³-hybridized carbons (Fsp3) is 0.615. The molecule has 1 aromatic rings. The van der Waals surface area contributed by atoms with Crippen LogP contribution in [0.15, 0.2) is 12.3 Å². The molecule has 1 saturated carbocycles. The molecule has 4 nitrogen and oxygen atoms in total. The summed E-state index contributed by atoms with van der Waals surface area (Å²) in [5, 5.41) is 12.9. The number of carbonyl (C=O) groups is 1. The summed E-state index contributed by atoms with van der Waals surface area (Å²) < 4.78 is 1.85. The molecule has 1 aliphatic carbocycles. The van der Waals surface area contributed by atoms with Crippen LogP contribution in [0.1, 0.15) is 49.6 Å². The van der Waals surface area contributed by atoms with E-state index in [0.29, 0.717) is 10.7 Å². The van der Waals surface area contributed by atoms with Crippen molar-refractivity contribution < 1.29 is 9.90 Å². The number of amides is 1. The van der Waals surface area contributed by atoms with Crippen molar-refractivity contribution in [1.29, 1.82) is 0 Å². The van der Waals surface area contributed by atoms with Crippen LogP contribution in [0, 0.1) is 0 Å². The monoisotopic (exact) mass is 270 g/mol. The lowest BCUT2D eigenvalue weighted by molar-refractivity contribution is 0.0633. The summed E-state index contributed by atoms with van der Waals surface area (Å²) in [6, 6.07) is 1.84. The third-order valence-electron chi connectivity index (χ3n) is 3.60. The minimum absolute atomic E-state index is 0.00510. The fourth-order valence-corrected chi connectivity index (χ4v) is 2.49. The van der Waals surface area contributed by atoms with Crippen LogP contribution in [-0.2, 0) is 0 Å². The topological polar surface area (TPSA) is 54.3 Å². The summed E-state index contributed by atoms with van der Waals surface area (Å²) in [5.41, 5.74) is 0.130. The van der Waals surface area contributed by atoms with Gasteiger partial charge >= 0.3 is 0 Å². The number of nitrogens with zero attached hydrogens (tertiary/aromatic N) is 1. The Hall–Kier alpha value is -1.00. The first-order valence-electron chi connectivity index (χ1n) is 6.28. The molecule has 0 aromatic carbocycles. The molecule has 0 saturated heterocycles. The van der Waals surface area contributed by atoms with E-state index in [4.69, 9.17) is 11.6 Å². The molecule has 0 atom stereocenters. The van der Waals surface area contributed by atoms with Gasteiger partial charge in [-0.2, -0.15) is 0 Å². The Balaban J connectivity index is 2.18. The van der Waals surface area contributed by atoms with Crippen molar-refractivity contribution in [3.8, 4) is 0 Å². The predicted molar refractivity (Wildman–Crippen MR) is 71.0 cm³/mol. The fourth-order valence-electron chi connectivity index (χ4n) is 2.29. The lowest BCUT2D eigenvalue weighted by atomic mass is 9.77. The number of hydrogen-bond donors (Lipinski definition) is 2. The number of aliphatic hydroxyl groups is 1. The zero-order chi connectivity index (χ0) is 13.3. The summed E-state index contributed by atoms with van der Waals surface area (Å²) >= 11 is 5.96. The maximum Gasteiger partial charge on any atom is 0.268 e. The van der Waals surface area contributed by atoms with Gasteiger partial charge in [0.25, 0.3) is 5.91 Å². The molecule has 0 unspecified atom stereocenters. The molecule has 0 spiro atoms. The normalized spacial score (nSPS) is 17.6. The van der Waals surface area contributed by atoms with E-state index in [1.165, 1.54) is 0 Å². The maximum atomic E-state index is 12.2. The average molecular weight is 271 g/mol. The van der Waals surface area contributed by atoms with Gasteiger partial charge in [-0.15, -0.1) is 0 Å². The van der Waals surface area contributed by atoms with Gasteiger partial charge in [-0.25, -0.2) is 0 Å². The van der Waals surface area contributed by atoms with Crippen LogP contribution in [0.4, 0.5) is 0 Å². The van der Waals surface area contributed by atoms with Gasteiger partial charge in [0, 0.05) is 12.2 Å². The van der Waals surface area contributed by atoms with Crippen molar-refractivity contribution in [3.05, 3.63) is 23.0 Å². The Bertz CT molecular complexity index is 444. The third kappa shape index (κ3) is 2.40. The maximum absolute atomic E-state index is 12.2. The predicted octanol–water partition coefficient (Wildman–Crippen LogP) is 2.37. The van der Waals surface area contributed by atoms with E-state index >= 15 is 0 Å². The minimum atomic E-state index is -0.421. The summed E-state index contributed by atoms with van der Waals surface area (Å²) in [4.78, 5) is 12.2. The molecule has 2 N–H and O–H groups in total. The molecule has 0 aliphatic heterocycles. The quantitative estimate of drug-likeness (QED) is 0.883. The van der Waals surface area contributed by atoms with Crippen LogP contribution < -0.4 is 5.32 Å². The molecule has 5 heteroatoms. The van der Waals surface area contributed by atoms with Gasteiger partial charge in [0.2, 0.25) is 0 Å². The smallest absolute Gasteiger partial charge is 0.268 e. The SMILES string of the molecule is CC(C)n1cc(Cl)cc1C(=O)NC1(CO)CCC1. The van der Waals surface area contributed by atoms with Gasteiger partial charge in [0.05, 0.1) is 17.2 Å². The van der Waals surface area contributed by atoms with E-state index in [-0.39, 0.29) is 18.6 Å². The van der Waals surface area contributed by atoms with Crippen LogP contribution >= 0.6 is 11.6 Å². The molecule has 1 aliphatic rings. The summed E-state index contributed by atoms with van der Waals surface area (Å²) in [6.07, 6.45) is 4.48. The van der Waals surface area contributed by atoms with Crippen molar-refractivity contribution in [3.63, 3.8) is 0 Å². The van der Waals surface area contributed by atoms with Crippen LogP contribution in [0.25, 0.3) is 0 Å². The molecule has 100 valence electrons. The zero-order valence-electron chi connectivity index (χ0n) is 10.7. The number of rotatable bonds is 4. The second kappa shape index (κ2) is 4.94. The minimum Gasteiger partial charge on any atom is -0.394 e. The molecule has 1 fully saturated rings. The van der Waals surface area contributed by atoms with Gasteiger partial charge in [-0.3, -0.25) is 4.79 Å². The van der Waals surface area contributed by atoms with Gasteiger partial charge < -0.3 is 15.0 Å². The lowest BCUT2D eigenvalue weighted by Gasteiger charge is -2.41. The van der Waals surface area contributed by atoms with E-state index in [1.807, 2.05) is 18.4 Å². The highest BCUT2D eigenvalue weighted by Crippen LogP contribution is 2.31. The average Bonchev–Trinajstić information content (AvgIpc) is 2.66. The third-order valence-corrected chi connectivity index (χ3v) is 3.80. The number of aromatic nitrogens is 1. The second-order valence-corrected chi connectivity index (χ2v) is 5.73. The molecule has 2 rings (SSSR count). The second-order valence-electron chi connectivity index (χ2n) is 5.29. The first-order chi connectivity index (χ1) is 8.47. The van der Waals surface area contributed by atoms with Crippen LogP contribution in [-0.4, -0.2) is 27.7 Å². The van der Waals surface area contributed by atoms with Crippen molar-refractivity contribution >= 4 is 17.5 Å². The summed E-state index contributed by atoms with van der Waals surface area (Å²) in [6.45, 7) is 3.99. The van der Waals surface area contributed by atoms with Crippen molar-refractivity contribution in [1.82, 2.24) is 9.88 Å². The Morgan fingerprint density at radius 2 is 2.28 bits per heavy atom. The highest BCUT2D eigenvalue weighted by molar-refractivity contribution is 6.31. The molecule has 18 heavy (non-hydrogen) atoms. The van der Waals surface area contributed by atoms with Crippen LogP contribution in [0.5, 0.6) is 0 Å². The first-order valence-corrected chi connectivity index (χ1v) is 6.66. The molecular formula is C13H19ClN2O2. The van der Waals surface area contributed by atoms with Crippen molar-refractivity contribution in [2.75, 3.05) is 6.61 Å². The molecule has 0 radical (unpaired) electrons. The molecule has 1 aromatic heterocycles. The lowest BCUT2D eigenvalue weighted by Crippen LogP contribution is -2.56. The van der Waals surface area contributed by atoms with Crippen molar-refractivity contribution in [2.45, 2.75) is 44.7 Å². The van der Waals surface area contributed by atoms with Crippen molar-refractivity contribution in [2.24, 2.45) is 0 Å². The van der Waals surface area contributed by atoms with Gasteiger partial charge in [-0.05, 0) is 39.2 Å².